The molecule has 0 spiro atoms. The first-order valence-electron chi connectivity index (χ1n) is 39.4. The molecule has 2 amide bonds. The molecule has 0 radical (unpaired) electrons. The van der Waals surface area contributed by atoms with Gasteiger partial charge in [0.2, 0.25) is 5.95 Å². The minimum absolute atomic E-state index is 0.0387. The molecule has 128 heavy (non-hydrogen) atoms. The molecule has 0 aliphatic carbocycles. The molecule has 12 N–H and O–H groups in total. The Balaban J connectivity index is 0.000000126. The van der Waals surface area contributed by atoms with Gasteiger partial charge in [-0.15, -0.1) is 0 Å². The van der Waals surface area contributed by atoms with Crippen LogP contribution in [0.2, 0.25) is 20.1 Å². The topological polar surface area (TPSA) is 447 Å². The molecule has 0 aliphatic heterocycles. The van der Waals surface area contributed by atoms with Crippen LogP contribution in [0.15, 0.2) is 263 Å². The number of H-pyrrole nitrogens is 3. The molecule has 636 valence electrons. The fraction of sp³-hybridized carbons (Fsp3) is 0.0989. The van der Waals surface area contributed by atoms with E-state index in [0.717, 1.165) is 28.0 Å². The van der Waals surface area contributed by atoms with Gasteiger partial charge in [0.25, 0.3) is 34.1 Å². The van der Waals surface area contributed by atoms with Crippen molar-refractivity contribution in [3.05, 3.63) is 351 Å². The zero-order chi connectivity index (χ0) is 89.7. The molecule has 0 unspecified atom stereocenters. The maximum absolute atomic E-state index is 14.1. The second kappa shape index (κ2) is 36.7. The van der Waals surface area contributed by atoms with E-state index in [9.17, 15) is 38.4 Å². The number of benzene rings is 8. The summed E-state index contributed by atoms with van der Waals surface area (Å²) in [6, 6.07) is 66.7. The van der Waals surface area contributed by atoms with E-state index in [2.05, 4.69) is 103 Å². The Morgan fingerprint density at radius 1 is 0.406 bits per heavy atom. The third kappa shape index (κ3) is 16.9. The van der Waals surface area contributed by atoms with E-state index in [1.165, 1.54) is 26.0 Å². The van der Waals surface area contributed by atoms with Gasteiger partial charge in [0.15, 0.2) is 28.6 Å². The van der Waals surface area contributed by atoms with Gasteiger partial charge in [0.05, 0.1) is 88.2 Å². The quantitative estimate of drug-likeness (QED) is 0.0381. The molecule has 32 nitrogen and oxygen atoms in total. The maximum atomic E-state index is 14.1. The van der Waals surface area contributed by atoms with Crippen molar-refractivity contribution >= 4 is 164 Å². The number of hydrogen-bond acceptors (Lipinski definition) is 23. The average Bonchev–Trinajstić information content (AvgIpc) is 0.864. The lowest BCUT2D eigenvalue weighted by Crippen LogP contribution is -2.26. The van der Waals surface area contributed by atoms with Crippen LogP contribution in [0.5, 0.6) is 0 Å². The summed E-state index contributed by atoms with van der Waals surface area (Å²) in [7, 11) is 1.54. The normalized spacial score (nSPS) is 12.1. The number of nitrogens with one attached hydrogen (secondary N) is 8. The van der Waals surface area contributed by atoms with Gasteiger partial charge in [-0.25, -0.2) is 39.3 Å². The Bertz CT molecular complexity index is 7830. The van der Waals surface area contributed by atoms with Crippen LogP contribution >= 0.6 is 46.4 Å². The Hall–Kier alpha value is -16.2. The van der Waals surface area contributed by atoms with Crippen molar-refractivity contribution in [1.29, 1.82) is 5.26 Å². The summed E-state index contributed by atoms with van der Waals surface area (Å²) in [6.45, 7) is 7.54. The molecule has 0 aliphatic rings. The van der Waals surface area contributed by atoms with Crippen LogP contribution in [-0.2, 0) is 0 Å². The molecule has 19 rings (SSSR count). The van der Waals surface area contributed by atoms with E-state index < -0.39 is 23.8 Å². The van der Waals surface area contributed by atoms with Crippen molar-refractivity contribution in [2.45, 2.75) is 51.9 Å². The van der Waals surface area contributed by atoms with Crippen molar-refractivity contribution in [1.82, 2.24) is 94.0 Å². The van der Waals surface area contributed by atoms with Crippen molar-refractivity contribution in [3.63, 3.8) is 0 Å². The number of amides is 2. The number of pyridine rings is 4. The number of anilines is 5. The fourth-order valence-electron chi connectivity index (χ4n) is 15.0. The molecule has 0 saturated heterocycles. The molecule has 11 aromatic heterocycles. The largest absolute Gasteiger partial charge is 0.368 e. The third-order valence-electron chi connectivity index (χ3n) is 21.0. The molecule has 4 atom stereocenters. The number of hydrogen-bond donors (Lipinski definition) is 10. The average molecular weight is 1790 g/mol. The van der Waals surface area contributed by atoms with E-state index in [4.69, 9.17) is 57.9 Å². The molecule has 0 fully saturated rings. The molecule has 0 saturated carbocycles. The molecule has 19 aromatic rings. The minimum atomic E-state index is -0.676. The van der Waals surface area contributed by atoms with Crippen LogP contribution in [0.1, 0.15) is 101 Å². The van der Waals surface area contributed by atoms with Crippen LogP contribution < -0.4 is 60.3 Å². The van der Waals surface area contributed by atoms with E-state index in [-0.39, 0.29) is 69.1 Å². The number of nitrogen functional groups attached to an aromatic ring is 1. The van der Waals surface area contributed by atoms with Crippen molar-refractivity contribution in [2.24, 2.45) is 5.73 Å². The number of carbonyl (C=O) groups is 2. The highest BCUT2D eigenvalue weighted by molar-refractivity contribution is 6.37. The molecule has 8 aromatic carbocycles. The second-order valence-electron chi connectivity index (χ2n) is 29.0. The van der Waals surface area contributed by atoms with Crippen molar-refractivity contribution < 1.29 is 14.0 Å². The molecular formula is C91H71Cl4FN26O6. The molecule has 0 bridgehead atoms. The number of aromatic amines is 3. The summed E-state index contributed by atoms with van der Waals surface area (Å²) in [4.78, 5) is 111. The van der Waals surface area contributed by atoms with Crippen molar-refractivity contribution in [2.75, 3.05) is 34.0 Å². The monoisotopic (exact) mass is 1780 g/mol. The Morgan fingerprint density at radius 2 is 0.711 bits per heavy atom. The van der Waals surface area contributed by atoms with E-state index in [1.54, 1.807) is 54.7 Å². The van der Waals surface area contributed by atoms with E-state index >= 15 is 0 Å². The lowest BCUT2D eigenvalue weighted by Gasteiger charge is -2.22. The zero-order valence-corrected chi connectivity index (χ0v) is 71.1. The lowest BCUT2D eigenvalue weighted by molar-refractivity contribution is 0.0958. The number of rotatable bonds is 18. The van der Waals surface area contributed by atoms with Crippen LogP contribution in [-0.4, -0.2) is 108 Å². The van der Waals surface area contributed by atoms with E-state index in [0.29, 0.717) is 137 Å². The van der Waals surface area contributed by atoms with Crippen LogP contribution in [0.3, 0.4) is 0 Å². The van der Waals surface area contributed by atoms with Gasteiger partial charge in [0, 0.05) is 52.6 Å². The summed E-state index contributed by atoms with van der Waals surface area (Å²) >= 11 is 25.5. The molecular weight excluding hydrogens is 1710 g/mol. The summed E-state index contributed by atoms with van der Waals surface area (Å²) in [6.07, 6.45) is 5.09. The van der Waals surface area contributed by atoms with Gasteiger partial charge >= 0.3 is 0 Å². The summed E-state index contributed by atoms with van der Waals surface area (Å²) in [5, 5.41) is 52.7. The van der Waals surface area contributed by atoms with Gasteiger partial charge in [0.1, 0.15) is 59.6 Å². The van der Waals surface area contributed by atoms with Gasteiger partial charge in [-0.05, 0) is 146 Å². The fourth-order valence-corrected chi connectivity index (χ4v) is 16.1. The highest BCUT2D eigenvalue weighted by Crippen LogP contribution is 2.36. The number of primary amides is 1. The first kappa shape index (κ1) is 85.4. The van der Waals surface area contributed by atoms with E-state index in [1.807, 2.05) is 210 Å². The van der Waals surface area contributed by atoms with Crippen LogP contribution in [0.25, 0.3) is 98.9 Å². The smallest absolute Gasteiger partial charge is 0.269 e. The third-order valence-corrected chi connectivity index (χ3v) is 22.2. The van der Waals surface area contributed by atoms with Gasteiger partial charge in [-0.1, -0.05) is 168 Å². The SMILES string of the molecule is CNC(=O)c1[nH]nc2ncnc(N[C@@H](C)c3cc4cccc(Cl)c4c(=O)n3-c3ccccc3)c12.C[C@H](Nc1nc(N)ncc1F)c1cc2cccc(Cl)c2c(=O)n1-c1ccccc1.C[C@H](Nc1ncnc2n[nH]c(C#N)c12)c1cc2cccc(Cl)c2c(=O)n1-c1ccccc1.C[C@H](Nc1ncnc2n[nH]c(C(N)=O)c12)c1cc2cccc(Cl)c2c(=O)n1-c1ccccc1. The number of nitrogens with two attached hydrogens (primary N) is 2. The highest BCUT2D eigenvalue weighted by atomic mass is 35.5. The first-order valence-corrected chi connectivity index (χ1v) is 40.9. The summed E-state index contributed by atoms with van der Waals surface area (Å²) < 4.78 is 20.6. The zero-order valence-electron chi connectivity index (χ0n) is 68.1. The summed E-state index contributed by atoms with van der Waals surface area (Å²) in [5.74, 6) is -0.500. The Labute approximate surface area is 743 Å². The first-order chi connectivity index (χ1) is 62.0. The van der Waals surface area contributed by atoms with Crippen molar-refractivity contribution in [3.8, 4) is 28.8 Å². The number of aromatic nitrogens is 18. The van der Waals surface area contributed by atoms with Gasteiger partial charge in [-0.2, -0.15) is 25.5 Å². The Kier molecular flexibility index (Phi) is 24.5. The predicted octanol–water partition coefficient (Wildman–Crippen LogP) is 16.1. The maximum Gasteiger partial charge on any atom is 0.269 e. The lowest BCUT2D eigenvalue weighted by atomic mass is 10.1. The number of fused-ring (bicyclic) bond motifs is 7. The number of carbonyl (C=O) groups excluding carboxylic acids is 2. The Morgan fingerprint density at radius 3 is 1.04 bits per heavy atom. The van der Waals surface area contributed by atoms with Gasteiger partial charge < -0.3 is 38.1 Å². The van der Waals surface area contributed by atoms with Crippen LogP contribution in [0.4, 0.5) is 33.6 Å². The highest BCUT2D eigenvalue weighted by Gasteiger charge is 2.28. The van der Waals surface area contributed by atoms with Crippen LogP contribution in [0, 0.1) is 17.1 Å². The minimum Gasteiger partial charge on any atom is -0.368 e. The number of halogens is 5. The second-order valence-corrected chi connectivity index (χ2v) is 30.6. The predicted molar refractivity (Wildman–Crippen MR) is 494 cm³/mol. The van der Waals surface area contributed by atoms with Gasteiger partial charge in [-0.3, -0.25) is 62.3 Å². The molecule has 11 heterocycles. The molecule has 37 heteroatoms. The number of nitrogens with zero attached hydrogens (tertiary/aromatic N) is 16. The summed E-state index contributed by atoms with van der Waals surface area (Å²) in [5.41, 5.74) is 17.3. The standard InChI is InChI=1S/C24H20ClN7O2.C23H18ClN7O2.C23H16ClN7O.C21H17ClFN5O/c1-13(29-21-19-20(23(33)26-2)30-31-22(19)28-12-27-21)17-11-14-7-6-10-16(25)18(14)24(34)32(17)15-8-4-3-5-9-15;1-12(28-21-18-19(20(25)32)29-30-22(18)27-11-26-21)16-10-13-6-5-9-15(24)17(13)23(33)31(16)14-7-3-2-4-8-14;1-13(28-21-20-17(11-25)29-30-22(20)27-12-26-21)18-10-14-6-5-9-16(24)19(14)23(32)31(18)15-7-3-2-4-8-15;1-12(26-19-16(23)11-25-21(24)27-19)17-10-13-6-5-9-15(22)18(13)20(29)28(17)14-7-3-2-4-8-14/h3-13H,1-2H3,(H,26,33)(H2,27,28,29,30,31);2-12H,1H3,(H2,25,32)(H2,26,27,28,29,30);2-10,12-13H,1H3,(H2,26,27,28,29,30);2-12H,1H3,(H3,24,25,26,27)/t13-;12-;13-;12-/m0000/s1. The number of nitriles is 1. The number of para-hydroxylation sites is 4.